The molecule has 0 aliphatic carbocycles. The number of alkyl halides is 3. The Kier molecular flexibility index (Phi) is 3.87. The first kappa shape index (κ1) is 16.8. The van der Waals surface area contributed by atoms with Gasteiger partial charge in [-0.1, -0.05) is 6.92 Å². The highest BCUT2D eigenvalue weighted by atomic mass is 32.2. The summed E-state index contributed by atoms with van der Waals surface area (Å²) in [7, 11) is -1.97. The van der Waals surface area contributed by atoms with Crippen molar-refractivity contribution in [1.29, 1.82) is 0 Å². The number of pyridine rings is 1. The van der Waals surface area contributed by atoms with Crippen LogP contribution in [0.15, 0.2) is 22.0 Å². The van der Waals surface area contributed by atoms with Gasteiger partial charge in [-0.05, 0) is 6.07 Å². The van der Waals surface area contributed by atoms with Crippen LogP contribution in [-0.2, 0) is 23.1 Å². The van der Waals surface area contributed by atoms with Crippen molar-refractivity contribution in [3.05, 3.63) is 23.3 Å². The van der Waals surface area contributed by atoms with Crippen LogP contribution in [0.4, 0.5) is 13.2 Å². The average molecular weight is 376 g/mol. The molecule has 0 atom stereocenters. The lowest BCUT2D eigenvalue weighted by Gasteiger charge is -2.05. The average Bonchev–Trinajstić information content (AvgIpc) is 3.11. The maximum absolute atomic E-state index is 12.8. The SMILES string of the molecule is CCS(=O)(=O)c1scnc1-c1nc2cc(C(F)(F)F)cnc2n1C. The molecule has 3 rings (SSSR count). The molecule has 0 N–H and O–H groups in total. The van der Waals surface area contributed by atoms with E-state index in [0.29, 0.717) is 0 Å². The molecule has 0 saturated heterocycles. The largest absolute Gasteiger partial charge is 0.417 e. The molecule has 0 fully saturated rings. The van der Waals surface area contributed by atoms with Gasteiger partial charge < -0.3 is 4.57 Å². The first-order valence-electron chi connectivity index (χ1n) is 6.71. The fourth-order valence-electron chi connectivity index (χ4n) is 2.18. The number of halogens is 3. The van der Waals surface area contributed by atoms with Gasteiger partial charge in [0.2, 0.25) is 0 Å². The minimum absolute atomic E-state index is 0.0233. The number of rotatable bonds is 3. The van der Waals surface area contributed by atoms with Gasteiger partial charge in [-0.2, -0.15) is 13.2 Å². The molecule has 0 unspecified atom stereocenters. The molecular formula is C13H11F3N4O2S2. The fraction of sp³-hybridized carbons (Fsp3) is 0.308. The van der Waals surface area contributed by atoms with E-state index in [9.17, 15) is 21.6 Å². The second-order valence-electron chi connectivity index (χ2n) is 4.95. The highest BCUT2D eigenvalue weighted by Gasteiger charge is 2.32. The summed E-state index contributed by atoms with van der Waals surface area (Å²) in [4.78, 5) is 11.9. The van der Waals surface area contributed by atoms with Crippen LogP contribution in [0.25, 0.3) is 22.7 Å². The van der Waals surface area contributed by atoms with Crippen LogP contribution in [0.3, 0.4) is 0 Å². The van der Waals surface area contributed by atoms with Crippen molar-refractivity contribution in [3.63, 3.8) is 0 Å². The minimum atomic E-state index is -4.53. The van der Waals surface area contributed by atoms with Crippen LogP contribution in [0, 0.1) is 0 Å². The number of hydrogen-bond acceptors (Lipinski definition) is 6. The van der Waals surface area contributed by atoms with Crippen molar-refractivity contribution in [2.45, 2.75) is 17.3 Å². The summed E-state index contributed by atoms with van der Waals surface area (Å²) in [5, 5.41) is 0. The molecule has 0 aliphatic rings. The zero-order valence-corrected chi connectivity index (χ0v) is 14.1. The van der Waals surface area contributed by atoms with Crippen LogP contribution in [0.2, 0.25) is 0 Å². The van der Waals surface area contributed by atoms with Gasteiger partial charge in [0.25, 0.3) is 0 Å². The maximum atomic E-state index is 12.8. The zero-order chi connectivity index (χ0) is 17.7. The van der Waals surface area contributed by atoms with Crippen molar-refractivity contribution in [2.75, 3.05) is 5.75 Å². The Morgan fingerprint density at radius 2 is 2.00 bits per heavy atom. The summed E-state index contributed by atoms with van der Waals surface area (Å²) >= 11 is 0.949. The lowest BCUT2D eigenvalue weighted by atomic mass is 10.2. The normalized spacial score (nSPS) is 12.9. The first-order valence-corrected chi connectivity index (χ1v) is 9.24. The number of sulfone groups is 1. The summed E-state index contributed by atoms with van der Waals surface area (Å²) in [6.07, 6.45) is -3.81. The highest BCUT2D eigenvalue weighted by Crippen LogP contribution is 2.33. The van der Waals surface area contributed by atoms with Gasteiger partial charge in [0.1, 0.15) is 11.2 Å². The Balaban J connectivity index is 2.23. The molecule has 3 aromatic heterocycles. The van der Waals surface area contributed by atoms with E-state index in [2.05, 4.69) is 15.0 Å². The van der Waals surface area contributed by atoms with E-state index in [1.165, 1.54) is 17.0 Å². The second kappa shape index (κ2) is 5.52. The molecule has 6 nitrogen and oxygen atoms in total. The zero-order valence-electron chi connectivity index (χ0n) is 12.5. The number of aromatic nitrogens is 4. The first-order chi connectivity index (χ1) is 11.1. The third-order valence-electron chi connectivity index (χ3n) is 3.45. The van der Waals surface area contributed by atoms with E-state index in [1.807, 2.05) is 0 Å². The summed E-state index contributed by atoms with van der Waals surface area (Å²) in [6.45, 7) is 1.50. The van der Waals surface area contributed by atoms with Crippen LogP contribution < -0.4 is 0 Å². The van der Waals surface area contributed by atoms with Crippen molar-refractivity contribution in [3.8, 4) is 11.5 Å². The molecule has 3 heterocycles. The van der Waals surface area contributed by atoms with Crippen molar-refractivity contribution in [2.24, 2.45) is 7.05 Å². The minimum Gasteiger partial charge on any atom is -0.310 e. The highest BCUT2D eigenvalue weighted by molar-refractivity contribution is 7.93. The molecule has 0 bridgehead atoms. The Hall–Kier alpha value is -2.01. The molecule has 3 aromatic rings. The van der Waals surface area contributed by atoms with Crippen molar-refractivity contribution in [1.82, 2.24) is 19.5 Å². The molecule has 0 spiro atoms. The maximum Gasteiger partial charge on any atom is 0.417 e. The predicted octanol–water partition coefficient (Wildman–Crippen LogP) is 2.90. The van der Waals surface area contributed by atoms with Gasteiger partial charge >= 0.3 is 6.18 Å². The summed E-state index contributed by atoms with van der Waals surface area (Å²) in [5.74, 6) is 0.0490. The molecule has 128 valence electrons. The van der Waals surface area contributed by atoms with Gasteiger partial charge in [-0.25, -0.2) is 23.4 Å². The van der Waals surface area contributed by atoms with E-state index < -0.39 is 21.6 Å². The molecule has 11 heteroatoms. The monoisotopic (exact) mass is 376 g/mol. The van der Waals surface area contributed by atoms with Gasteiger partial charge in [-0.15, -0.1) is 11.3 Å². The van der Waals surface area contributed by atoms with Gasteiger partial charge in [0.15, 0.2) is 25.5 Å². The quantitative estimate of drug-likeness (QED) is 0.702. The van der Waals surface area contributed by atoms with Crippen LogP contribution in [-0.4, -0.2) is 33.7 Å². The number of thiazole rings is 1. The topological polar surface area (TPSA) is 77.7 Å². The summed E-state index contributed by atoms with van der Waals surface area (Å²) < 4.78 is 64.1. The number of fused-ring (bicyclic) bond motifs is 1. The van der Waals surface area contributed by atoms with E-state index in [-0.39, 0.29) is 32.6 Å². The molecule has 24 heavy (non-hydrogen) atoms. The number of aryl methyl sites for hydroxylation is 1. The van der Waals surface area contributed by atoms with Crippen LogP contribution >= 0.6 is 11.3 Å². The Morgan fingerprint density at radius 3 is 2.62 bits per heavy atom. The van der Waals surface area contributed by atoms with Gasteiger partial charge in [0.05, 0.1) is 16.8 Å². The molecule has 0 aliphatic heterocycles. The van der Waals surface area contributed by atoms with Crippen molar-refractivity contribution >= 4 is 32.3 Å². The molecule has 0 aromatic carbocycles. The smallest absolute Gasteiger partial charge is 0.310 e. The van der Waals surface area contributed by atoms with E-state index in [1.54, 1.807) is 7.05 Å². The second-order valence-corrected chi connectivity index (χ2v) is 8.28. The Labute approximate surface area is 138 Å². The number of nitrogens with zero attached hydrogens (tertiary/aromatic N) is 4. The van der Waals surface area contributed by atoms with Gasteiger partial charge in [0, 0.05) is 13.2 Å². The van der Waals surface area contributed by atoms with Gasteiger partial charge in [-0.3, -0.25) is 0 Å². The molecule has 0 radical (unpaired) electrons. The van der Waals surface area contributed by atoms with Crippen molar-refractivity contribution < 1.29 is 21.6 Å². The molecule has 0 amide bonds. The van der Waals surface area contributed by atoms with Crippen LogP contribution in [0.1, 0.15) is 12.5 Å². The fourth-order valence-corrected chi connectivity index (χ4v) is 4.46. The standard InChI is InChI=1S/C13H11F3N4O2S2/c1-3-24(21,22)12-9(18-6-23-12)11-19-8-4-7(13(14,15)16)5-17-10(8)20(11)2/h4-6H,3H2,1-2H3. The lowest BCUT2D eigenvalue weighted by Crippen LogP contribution is -2.05. The third kappa shape index (κ3) is 2.67. The lowest BCUT2D eigenvalue weighted by molar-refractivity contribution is -0.137. The Bertz CT molecular complexity index is 1020. The number of hydrogen-bond donors (Lipinski definition) is 0. The molecular weight excluding hydrogens is 365 g/mol. The van der Waals surface area contributed by atoms with E-state index >= 15 is 0 Å². The van der Waals surface area contributed by atoms with Crippen LogP contribution in [0.5, 0.6) is 0 Å². The molecule has 0 saturated carbocycles. The van der Waals surface area contributed by atoms with E-state index in [0.717, 1.165) is 23.6 Å². The number of imidazole rings is 1. The summed E-state index contributed by atoms with van der Waals surface area (Å²) in [5.41, 5.74) is 0.808. The third-order valence-corrected chi connectivity index (χ3v) is 6.63. The Morgan fingerprint density at radius 1 is 1.29 bits per heavy atom. The summed E-state index contributed by atoms with van der Waals surface area (Å²) in [6, 6.07) is 0.881. The predicted molar refractivity (Wildman–Crippen MR) is 82.3 cm³/mol. The van der Waals surface area contributed by atoms with E-state index in [4.69, 9.17) is 0 Å².